The fraction of sp³-hybridized carbons (Fsp3) is 0.867. The van der Waals surface area contributed by atoms with E-state index >= 15 is 0 Å². The van der Waals surface area contributed by atoms with Gasteiger partial charge in [0.25, 0.3) is 0 Å². The molecule has 6 heteroatoms. The fourth-order valence-corrected chi connectivity index (χ4v) is 3.41. The van der Waals surface area contributed by atoms with E-state index in [2.05, 4.69) is 5.32 Å². The van der Waals surface area contributed by atoms with Crippen molar-refractivity contribution >= 4 is 24.2 Å². The Morgan fingerprint density at radius 2 is 1.86 bits per heavy atom. The van der Waals surface area contributed by atoms with Crippen molar-refractivity contribution in [1.29, 1.82) is 0 Å². The number of carbonyl (C=O) groups excluding carboxylic acids is 2. The summed E-state index contributed by atoms with van der Waals surface area (Å²) >= 11 is 0. The van der Waals surface area contributed by atoms with E-state index in [0.29, 0.717) is 13.0 Å². The largest absolute Gasteiger partial charge is 0.347 e. The van der Waals surface area contributed by atoms with Gasteiger partial charge in [0.1, 0.15) is 0 Å². The predicted octanol–water partition coefficient (Wildman–Crippen LogP) is 1.44. The smallest absolute Gasteiger partial charge is 0.242 e. The molecule has 0 aromatic heterocycles. The highest BCUT2D eigenvalue weighted by Crippen LogP contribution is 2.28. The maximum atomic E-state index is 12.0. The van der Waals surface area contributed by atoms with Gasteiger partial charge >= 0.3 is 0 Å². The van der Waals surface area contributed by atoms with Crippen molar-refractivity contribution in [2.75, 3.05) is 19.6 Å². The lowest BCUT2D eigenvalue weighted by Gasteiger charge is -2.23. The van der Waals surface area contributed by atoms with Gasteiger partial charge in [0.2, 0.25) is 11.8 Å². The molecule has 3 N–H and O–H groups in total. The van der Waals surface area contributed by atoms with E-state index < -0.39 is 0 Å². The van der Waals surface area contributed by atoms with Crippen molar-refractivity contribution in [2.24, 2.45) is 11.7 Å². The normalized spacial score (nSPS) is 22.1. The molecular formula is C15H28ClN3O2. The molecule has 1 aliphatic heterocycles. The third-order valence-corrected chi connectivity index (χ3v) is 4.66. The van der Waals surface area contributed by atoms with Crippen molar-refractivity contribution in [2.45, 2.75) is 57.4 Å². The summed E-state index contributed by atoms with van der Waals surface area (Å²) in [5.74, 6) is 0.734. The van der Waals surface area contributed by atoms with E-state index in [4.69, 9.17) is 5.73 Å². The summed E-state index contributed by atoms with van der Waals surface area (Å²) in [5, 5.41) is 2.76. The van der Waals surface area contributed by atoms with Gasteiger partial charge in [-0.2, -0.15) is 0 Å². The molecule has 1 saturated carbocycles. The van der Waals surface area contributed by atoms with Gasteiger partial charge in [0.15, 0.2) is 0 Å². The number of hydrogen-bond donors (Lipinski definition) is 2. The molecule has 1 heterocycles. The van der Waals surface area contributed by atoms with Crippen LogP contribution in [0, 0.1) is 5.92 Å². The van der Waals surface area contributed by atoms with E-state index in [0.717, 1.165) is 31.7 Å². The number of nitrogens with two attached hydrogens (primary N) is 1. The minimum Gasteiger partial charge on any atom is -0.347 e. The molecule has 2 fully saturated rings. The molecule has 0 aromatic rings. The molecule has 0 spiro atoms. The maximum Gasteiger partial charge on any atom is 0.242 e. The molecule has 1 saturated heterocycles. The van der Waals surface area contributed by atoms with Crippen molar-refractivity contribution in [3.63, 3.8) is 0 Å². The Kier molecular flexibility index (Phi) is 8.04. The third-order valence-electron chi connectivity index (χ3n) is 4.66. The molecule has 0 bridgehead atoms. The minimum atomic E-state index is 0. The first kappa shape index (κ1) is 18.2. The van der Waals surface area contributed by atoms with Crippen molar-refractivity contribution < 1.29 is 9.59 Å². The molecule has 122 valence electrons. The van der Waals surface area contributed by atoms with Crippen LogP contribution in [-0.4, -0.2) is 42.4 Å². The standard InChI is InChI=1S/C15H27N3O2.ClH/c16-10-13-6-3-9-18(13)15(20)11-17-14(19)8-7-12-4-1-2-5-12;/h12-13H,1-11,16H2,(H,17,19);1H. The molecule has 2 rings (SSSR count). The van der Waals surface area contributed by atoms with E-state index in [1.807, 2.05) is 4.90 Å². The lowest BCUT2D eigenvalue weighted by atomic mass is 10.0. The van der Waals surface area contributed by atoms with Gasteiger partial charge in [-0.05, 0) is 25.2 Å². The maximum absolute atomic E-state index is 12.0. The summed E-state index contributed by atoms with van der Waals surface area (Å²) in [4.78, 5) is 25.6. The van der Waals surface area contributed by atoms with Gasteiger partial charge in [0, 0.05) is 25.6 Å². The summed E-state index contributed by atoms with van der Waals surface area (Å²) in [6, 6.07) is 0.165. The van der Waals surface area contributed by atoms with Gasteiger partial charge in [-0.25, -0.2) is 0 Å². The Morgan fingerprint density at radius 1 is 1.14 bits per heavy atom. The fourth-order valence-electron chi connectivity index (χ4n) is 3.41. The van der Waals surface area contributed by atoms with Crippen LogP contribution in [0.3, 0.4) is 0 Å². The van der Waals surface area contributed by atoms with Crippen LogP contribution in [-0.2, 0) is 9.59 Å². The van der Waals surface area contributed by atoms with E-state index in [-0.39, 0.29) is 36.8 Å². The van der Waals surface area contributed by atoms with Gasteiger partial charge in [-0.3, -0.25) is 9.59 Å². The van der Waals surface area contributed by atoms with Crippen LogP contribution in [0.15, 0.2) is 0 Å². The van der Waals surface area contributed by atoms with Crippen LogP contribution in [0.2, 0.25) is 0 Å². The highest BCUT2D eigenvalue weighted by Gasteiger charge is 2.27. The molecule has 1 aliphatic carbocycles. The molecule has 1 atom stereocenters. The summed E-state index contributed by atoms with van der Waals surface area (Å²) < 4.78 is 0. The summed E-state index contributed by atoms with van der Waals surface area (Å²) in [7, 11) is 0. The van der Waals surface area contributed by atoms with Crippen LogP contribution >= 0.6 is 12.4 Å². The average molecular weight is 318 g/mol. The van der Waals surface area contributed by atoms with Crippen LogP contribution in [0.5, 0.6) is 0 Å². The molecule has 0 radical (unpaired) electrons. The average Bonchev–Trinajstić information content (AvgIpc) is 3.12. The number of amides is 2. The predicted molar refractivity (Wildman–Crippen MR) is 85.2 cm³/mol. The Balaban J connectivity index is 0.00000220. The lowest BCUT2D eigenvalue weighted by Crippen LogP contribution is -2.45. The minimum absolute atomic E-state index is 0. The van der Waals surface area contributed by atoms with Gasteiger partial charge < -0.3 is 16.0 Å². The molecule has 21 heavy (non-hydrogen) atoms. The topological polar surface area (TPSA) is 75.4 Å². The van der Waals surface area contributed by atoms with E-state index in [1.165, 1.54) is 25.7 Å². The molecular weight excluding hydrogens is 290 g/mol. The second-order valence-electron chi connectivity index (χ2n) is 6.08. The quantitative estimate of drug-likeness (QED) is 0.778. The number of hydrogen-bond acceptors (Lipinski definition) is 3. The Morgan fingerprint density at radius 3 is 2.52 bits per heavy atom. The Bertz CT molecular complexity index is 346. The van der Waals surface area contributed by atoms with Crippen molar-refractivity contribution in [1.82, 2.24) is 10.2 Å². The van der Waals surface area contributed by atoms with E-state index in [1.54, 1.807) is 0 Å². The number of nitrogens with one attached hydrogen (secondary N) is 1. The second kappa shape index (κ2) is 9.26. The third kappa shape index (κ3) is 5.47. The zero-order chi connectivity index (χ0) is 14.4. The number of carbonyl (C=O) groups is 2. The van der Waals surface area contributed by atoms with Gasteiger partial charge in [-0.1, -0.05) is 25.7 Å². The van der Waals surface area contributed by atoms with Crippen molar-refractivity contribution in [3.8, 4) is 0 Å². The highest BCUT2D eigenvalue weighted by atomic mass is 35.5. The first-order chi connectivity index (χ1) is 9.70. The summed E-state index contributed by atoms with van der Waals surface area (Å²) in [6.07, 6.45) is 8.66. The monoisotopic (exact) mass is 317 g/mol. The summed E-state index contributed by atoms with van der Waals surface area (Å²) in [6.45, 7) is 1.42. The molecule has 2 aliphatic rings. The zero-order valence-corrected chi connectivity index (χ0v) is 13.5. The Hall–Kier alpha value is -0.810. The van der Waals surface area contributed by atoms with Crippen LogP contribution in [0.25, 0.3) is 0 Å². The molecule has 2 amide bonds. The molecule has 0 aromatic carbocycles. The van der Waals surface area contributed by atoms with Gasteiger partial charge in [-0.15, -0.1) is 12.4 Å². The number of halogens is 1. The summed E-state index contributed by atoms with van der Waals surface area (Å²) in [5.41, 5.74) is 5.65. The molecule has 5 nitrogen and oxygen atoms in total. The van der Waals surface area contributed by atoms with Crippen molar-refractivity contribution in [3.05, 3.63) is 0 Å². The highest BCUT2D eigenvalue weighted by molar-refractivity contribution is 5.85. The zero-order valence-electron chi connectivity index (χ0n) is 12.7. The van der Waals surface area contributed by atoms with Crippen LogP contribution < -0.4 is 11.1 Å². The first-order valence-electron chi connectivity index (χ1n) is 7.97. The second-order valence-corrected chi connectivity index (χ2v) is 6.08. The van der Waals surface area contributed by atoms with E-state index in [9.17, 15) is 9.59 Å². The number of nitrogens with zero attached hydrogens (tertiary/aromatic N) is 1. The van der Waals surface area contributed by atoms with Crippen LogP contribution in [0.4, 0.5) is 0 Å². The SMILES string of the molecule is Cl.NCC1CCCN1C(=O)CNC(=O)CCC1CCCC1. The number of likely N-dealkylation sites (tertiary alicyclic amines) is 1. The van der Waals surface area contributed by atoms with Gasteiger partial charge in [0.05, 0.1) is 6.54 Å². The molecule has 1 unspecified atom stereocenters. The number of rotatable bonds is 6. The Labute approximate surface area is 133 Å². The van der Waals surface area contributed by atoms with Crippen LogP contribution in [0.1, 0.15) is 51.4 Å². The lowest BCUT2D eigenvalue weighted by molar-refractivity contribution is -0.133. The first-order valence-corrected chi connectivity index (χ1v) is 7.97.